The van der Waals surface area contributed by atoms with Crippen molar-refractivity contribution in [3.8, 4) is 0 Å². The minimum Gasteiger partial charge on any atom is -0.481 e. The molecule has 0 aromatic heterocycles. The van der Waals surface area contributed by atoms with E-state index in [-0.39, 0.29) is 11.6 Å². The molecule has 0 atom stereocenters. The van der Waals surface area contributed by atoms with Crippen LogP contribution in [-0.2, 0) is 4.79 Å². The van der Waals surface area contributed by atoms with Gasteiger partial charge in [0.05, 0.1) is 16.4 Å². The van der Waals surface area contributed by atoms with E-state index in [0.717, 1.165) is 0 Å². The van der Waals surface area contributed by atoms with E-state index >= 15 is 0 Å². The van der Waals surface area contributed by atoms with Gasteiger partial charge in [0.15, 0.2) is 0 Å². The van der Waals surface area contributed by atoms with Crippen molar-refractivity contribution in [2.75, 3.05) is 13.1 Å². The standard InChI is InChI=1S/C13H13BrN2O5/c14-11-7-9(16(20)21)1-2-10(11)12(17)15-5-3-8(4-6-15)13(18)19/h1-2,7-8H,3-6H2,(H,18,19). The molecule has 0 spiro atoms. The summed E-state index contributed by atoms with van der Waals surface area (Å²) in [5.74, 6) is -1.49. The summed E-state index contributed by atoms with van der Waals surface area (Å²) < 4.78 is 0.363. The molecule has 1 aromatic carbocycles. The molecule has 1 fully saturated rings. The predicted octanol–water partition coefficient (Wildman–Crippen LogP) is 2.29. The molecule has 21 heavy (non-hydrogen) atoms. The van der Waals surface area contributed by atoms with Crippen LogP contribution in [0.1, 0.15) is 23.2 Å². The van der Waals surface area contributed by atoms with Crippen molar-refractivity contribution in [1.82, 2.24) is 4.90 Å². The van der Waals surface area contributed by atoms with E-state index in [1.165, 1.54) is 18.2 Å². The van der Waals surface area contributed by atoms with Gasteiger partial charge in [-0.15, -0.1) is 0 Å². The lowest BCUT2D eigenvalue weighted by atomic mass is 9.96. The first-order chi connectivity index (χ1) is 9.90. The van der Waals surface area contributed by atoms with Gasteiger partial charge in [0.25, 0.3) is 11.6 Å². The molecule has 1 heterocycles. The Morgan fingerprint density at radius 3 is 2.43 bits per heavy atom. The van der Waals surface area contributed by atoms with E-state index < -0.39 is 16.8 Å². The lowest BCUT2D eigenvalue weighted by molar-refractivity contribution is -0.384. The summed E-state index contributed by atoms with van der Waals surface area (Å²) in [6.07, 6.45) is 0.845. The molecule has 1 amide bonds. The Balaban J connectivity index is 2.11. The first kappa shape index (κ1) is 15.4. The molecule has 1 N–H and O–H groups in total. The average Bonchev–Trinajstić information content (AvgIpc) is 2.46. The first-order valence-corrected chi connectivity index (χ1v) is 7.15. The molecule has 0 bridgehead atoms. The molecule has 1 aliphatic heterocycles. The third kappa shape index (κ3) is 3.38. The summed E-state index contributed by atoms with van der Waals surface area (Å²) in [5.41, 5.74) is 0.248. The van der Waals surface area contributed by atoms with E-state index in [2.05, 4.69) is 15.9 Å². The quantitative estimate of drug-likeness (QED) is 0.661. The van der Waals surface area contributed by atoms with Gasteiger partial charge in [-0.1, -0.05) is 0 Å². The number of amides is 1. The number of rotatable bonds is 3. The summed E-state index contributed by atoms with van der Waals surface area (Å²) in [6.45, 7) is 0.748. The molecular weight excluding hydrogens is 344 g/mol. The smallest absolute Gasteiger partial charge is 0.306 e. The number of carbonyl (C=O) groups is 2. The van der Waals surface area contributed by atoms with Gasteiger partial charge in [-0.05, 0) is 34.8 Å². The van der Waals surface area contributed by atoms with Crippen molar-refractivity contribution in [1.29, 1.82) is 0 Å². The van der Waals surface area contributed by atoms with Gasteiger partial charge in [-0.3, -0.25) is 19.7 Å². The van der Waals surface area contributed by atoms with Crippen molar-refractivity contribution in [2.45, 2.75) is 12.8 Å². The Bertz CT molecular complexity index is 596. The van der Waals surface area contributed by atoms with Crippen LogP contribution in [0.5, 0.6) is 0 Å². The number of carboxylic acid groups (broad SMARTS) is 1. The van der Waals surface area contributed by atoms with Gasteiger partial charge in [0.1, 0.15) is 0 Å². The zero-order valence-electron chi connectivity index (χ0n) is 11.0. The fraction of sp³-hybridized carbons (Fsp3) is 0.385. The van der Waals surface area contributed by atoms with Crippen LogP contribution in [0.15, 0.2) is 22.7 Å². The number of hydrogen-bond donors (Lipinski definition) is 1. The number of hydrogen-bond acceptors (Lipinski definition) is 4. The molecule has 7 nitrogen and oxygen atoms in total. The first-order valence-electron chi connectivity index (χ1n) is 6.36. The highest BCUT2D eigenvalue weighted by atomic mass is 79.9. The number of carboxylic acids is 1. The Kier molecular flexibility index (Phi) is 4.56. The average molecular weight is 357 g/mol. The van der Waals surface area contributed by atoms with E-state index in [9.17, 15) is 19.7 Å². The van der Waals surface area contributed by atoms with Crippen LogP contribution in [-0.4, -0.2) is 39.9 Å². The van der Waals surface area contributed by atoms with Gasteiger partial charge in [-0.2, -0.15) is 0 Å². The van der Waals surface area contributed by atoms with Crippen LogP contribution < -0.4 is 0 Å². The molecule has 1 aliphatic rings. The highest BCUT2D eigenvalue weighted by Gasteiger charge is 2.28. The summed E-state index contributed by atoms with van der Waals surface area (Å²) in [5, 5.41) is 19.6. The summed E-state index contributed by atoms with van der Waals surface area (Å²) in [6, 6.07) is 3.98. The highest BCUT2D eigenvalue weighted by molar-refractivity contribution is 9.10. The van der Waals surface area contributed by atoms with E-state index in [1.54, 1.807) is 4.90 Å². The molecule has 112 valence electrons. The van der Waals surface area contributed by atoms with E-state index in [1.807, 2.05) is 0 Å². The van der Waals surface area contributed by atoms with Gasteiger partial charge in [0, 0.05) is 29.7 Å². The molecule has 8 heteroatoms. The Morgan fingerprint density at radius 1 is 1.33 bits per heavy atom. The second-order valence-electron chi connectivity index (χ2n) is 4.83. The topological polar surface area (TPSA) is 101 Å². The number of non-ortho nitro benzene ring substituents is 1. The number of nitrogens with zero attached hydrogens (tertiary/aromatic N) is 2. The van der Waals surface area contributed by atoms with Crippen LogP contribution >= 0.6 is 15.9 Å². The highest BCUT2D eigenvalue weighted by Crippen LogP contribution is 2.26. The Hall–Kier alpha value is -1.96. The molecular formula is C13H13BrN2O5. The maximum Gasteiger partial charge on any atom is 0.306 e. The second kappa shape index (κ2) is 6.21. The third-order valence-electron chi connectivity index (χ3n) is 3.53. The van der Waals surface area contributed by atoms with Gasteiger partial charge in [0.2, 0.25) is 0 Å². The van der Waals surface area contributed by atoms with Crippen LogP contribution in [0, 0.1) is 16.0 Å². The van der Waals surface area contributed by atoms with E-state index in [0.29, 0.717) is 36.0 Å². The zero-order chi connectivity index (χ0) is 15.6. The summed E-state index contributed by atoms with van der Waals surface area (Å²) in [4.78, 5) is 35.0. The lowest BCUT2D eigenvalue weighted by Crippen LogP contribution is -2.40. The minimum absolute atomic E-state index is 0.0944. The van der Waals surface area contributed by atoms with Crippen LogP contribution in [0.25, 0.3) is 0 Å². The molecule has 0 radical (unpaired) electrons. The Labute approximate surface area is 128 Å². The van der Waals surface area contributed by atoms with Crippen molar-refractivity contribution in [3.05, 3.63) is 38.3 Å². The molecule has 1 saturated heterocycles. The van der Waals surface area contributed by atoms with Crippen molar-refractivity contribution < 1.29 is 19.6 Å². The molecule has 1 aromatic rings. The maximum atomic E-state index is 12.4. The molecule has 0 unspecified atom stereocenters. The van der Waals surface area contributed by atoms with Crippen LogP contribution in [0.4, 0.5) is 5.69 Å². The van der Waals surface area contributed by atoms with Gasteiger partial charge >= 0.3 is 5.97 Å². The number of likely N-dealkylation sites (tertiary alicyclic amines) is 1. The number of aliphatic carboxylic acids is 1. The van der Waals surface area contributed by atoms with Crippen molar-refractivity contribution >= 4 is 33.5 Å². The normalized spacial score (nSPS) is 15.8. The number of nitro groups is 1. The number of nitro benzene ring substituents is 1. The monoisotopic (exact) mass is 356 g/mol. The fourth-order valence-electron chi connectivity index (χ4n) is 2.29. The van der Waals surface area contributed by atoms with Crippen molar-refractivity contribution in [3.63, 3.8) is 0 Å². The van der Waals surface area contributed by atoms with Crippen LogP contribution in [0.2, 0.25) is 0 Å². The lowest BCUT2D eigenvalue weighted by Gasteiger charge is -2.30. The third-order valence-corrected chi connectivity index (χ3v) is 4.18. The van der Waals surface area contributed by atoms with Crippen LogP contribution in [0.3, 0.4) is 0 Å². The maximum absolute atomic E-state index is 12.4. The molecule has 2 rings (SSSR count). The molecule has 0 aliphatic carbocycles. The summed E-state index contributed by atoms with van der Waals surface area (Å²) in [7, 11) is 0. The van der Waals surface area contributed by atoms with Gasteiger partial charge < -0.3 is 10.0 Å². The Morgan fingerprint density at radius 2 is 1.95 bits per heavy atom. The zero-order valence-corrected chi connectivity index (χ0v) is 12.6. The van der Waals surface area contributed by atoms with Crippen molar-refractivity contribution in [2.24, 2.45) is 5.92 Å². The predicted molar refractivity (Wildman–Crippen MR) is 77.1 cm³/mol. The SMILES string of the molecule is O=C(O)C1CCN(C(=O)c2ccc([N+](=O)[O-])cc2Br)CC1. The number of piperidine rings is 1. The number of benzene rings is 1. The number of carbonyl (C=O) groups excluding carboxylic acids is 1. The largest absolute Gasteiger partial charge is 0.481 e. The fourth-order valence-corrected chi connectivity index (χ4v) is 2.83. The minimum atomic E-state index is -0.835. The molecule has 0 saturated carbocycles. The number of halogens is 1. The van der Waals surface area contributed by atoms with Gasteiger partial charge in [-0.25, -0.2) is 0 Å². The second-order valence-corrected chi connectivity index (χ2v) is 5.68. The van der Waals surface area contributed by atoms with E-state index in [4.69, 9.17) is 5.11 Å². The summed E-state index contributed by atoms with van der Waals surface area (Å²) >= 11 is 3.17.